The summed E-state index contributed by atoms with van der Waals surface area (Å²) >= 11 is 1.55. The van der Waals surface area contributed by atoms with Gasteiger partial charge in [0.2, 0.25) is 0 Å². The first-order valence-electron chi connectivity index (χ1n) is 4.28. The minimum Gasteiger partial charge on any atom is -0.467 e. The van der Waals surface area contributed by atoms with Crippen molar-refractivity contribution in [2.45, 2.75) is 6.92 Å². The fourth-order valence-corrected chi connectivity index (χ4v) is 1.95. The molecule has 2 heterocycles. The molecule has 0 saturated carbocycles. The van der Waals surface area contributed by atoms with E-state index in [1.165, 1.54) is 7.11 Å². The van der Waals surface area contributed by atoms with Crippen LogP contribution in [-0.4, -0.2) is 22.1 Å². The lowest BCUT2D eigenvalue weighted by Crippen LogP contribution is -2.13. The van der Waals surface area contributed by atoms with Crippen molar-refractivity contribution in [2.24, 2.45) is 0 Å². The van der Waals surface area contributed by atoms with Crippen molar-refractivity contribution in [1.82, 2.24) is 15.0 Å². The lowest BCUT2D eigenvalue weighted by Gasteiger charge is -1.98. The normalized spacial score (nSPS) is 10.3. The second-order valence-electron chi connectivity index (χ2n) is 2.90. The molecule has 0 aromatic carbocycles. The predicted molar refractivity (Wildman–Crippen MR) is 57.3 cm³/mol. The van der Waals surface area contributed by atoms with Crippen molar-refractivity contribution in [1.29, 1.82) is 0 Å². The van der Waals surface area contributed by atoms with Crippen molar-refractivity contribution >= 4 is 11.3 Å². The number of nitrogens with zero attached hydrogens (tertiary/aromatic N) is 2. The van der Waals surface area contributed by atoms with Gasteiger partial charge in [0.25, 0.3) is 0 Å². The Morgan fingerprint density at radius 2 is 2.20 bits per heavy atom. The summed E-state index contributed by atoms with van der Waals surface area (Å²) in [5.41, 5.74) is -0.456. The highest BCUT2D eigenvalue weighted by Gasteiger charge is 2.06. The van der Waals surface area contributed by atoms with Gasteiger partial charge in [-0.15, -0.1) is 16.3 Å². The fraction of sp³-hybridized carbons (Fsp3) is 0.222. The van der Waals surface area contributed by atoms with Crippen LogP contribution < -0.4 is 10.4 Å². The van der Waals surface area contributed by atoms with Crippen LogP contribution in [0.2, 0.25) is 0 Å². The maximum atomic E-state index is 11.2. The summed E-state index contributed by atoms with van der Waals surface area (Å²) < 4.78 is 4.83. The highest BCUT2D eigenvalue weighted by Crippen LogP contribution is 2.24. The Labute approximate surface area is 89.8 Å². The number of hydrogen-bond donors (Lipinski definition) is 1. The van der Waals surface area contributed by atoms with Gasteiger partial charge in [-0.1, -0.05) is 0 Å². The SMILES string of the molecule is COc1nc(-c2ccc(C)s2)[nH]c(=O)n1. The first-order chi connectivity index (χ1) is 7.19. The zero-order valence-electron chi connectivity index (χ0n) is 8.27. The molecule has 0 fully saturated rings. The third kappa shape index (κ3) is 2.04. The molecular formula is C9H9N3O2S. The number of aryl methyl sites for hydroxylation is 1. The molecule has 0 saturated heterocycles. The second kappa shape index (κ2) is 3.82. The number of H-pyrrole nitrogens is 1. The molecule has 78 valence electrons. The minimum atomic E-state index is -0.456. The monoisotopic (exact) mass is 223 g/mol. The lowest BCUT2D eigenvalue weighted by molar-refractivity contribution is 0.377. The molecule has 0 aliphatic rings. The van der Waals surface area contributed by atoms with Gasteiger partial charge >= 0.3 is 11.7 Å². The summed E-state index contributed by atoms with van der Waals surface area (Å²) in [7, 11) is 1.43. The summed E-state index contributed by atoms with van der Waals surface area (Å²) in [6.45, 7) is 1.99. The van der Waals surface area contributed by atoms with E-state index in [9.17, 15) is 4.79 Å². The van der Waals surface area contributed by atoms with E-state index >= 15 is 0 Å². The highest BCUT2D eigenvalue weighted by molar-refractivity contribution is 7.15. The molecule has 0 unspecified atom stereocenters. The van der Waals surface area contributed by atoms with E-state index in [2.05, 4.69) is 15.0 Å². The van der Waals surface area contributed by atoms with E-state index in [0.717, 1.165) is 9.75 Å². The number of nitrogens with one attached hydrogen (secondary N) is 1. The standard InChI is InChI=1S/C9H9N3O2S/c1-5-3-4-6(15-5)7-10-8(13)12-9(11-7)14-2/h3-4H,1-2H3,(H,10,11,12,13). The summed E-state index contributed by atoms with van der Waals surface area (Å²) in [5, 5.41) is 0. The van der Waals surface area contributed by atoms with E-state index in [0.29, 0.717) is 5.82 Å². The Bertz CT molecular complexity index is 532. The van der Waals surface area contributed by atoms with Crippen molar-refractivity contribution in [2.75, 3.05) is 7.11 Å². The predicted octanol–water partition coefficient (Wildman–Crippen LogP) is 1.21. The van der Waals surface area contributed by atoms with E-state index in [4.69, 9.17) is 4.74 Å². The van der Waals surface area contributed by atoms with E-state index in [1.807, 2.05) is 19.1 Å². The molecule has 0 radical (unpaired) electrons. The molecule has 0 aliphatic carbocycles. The quantitative estimate of drug-likeness (QED) is 0.831. The Balaban J connectivity index is 2.53. The molecule has 2 rings (SSSR count). The molecule has 15 heavy (non-hydrogen) atoms. The molecule has 5 nitrogen and oxygen atoms in total. The van der Waals surface area contributed by atoms with Crippen LogP contribution in [0.25, 0.3) is 10.7 Å². The Hall–Kier alpha value is -1.69. The molecule has 0 aliphatic heterocycles. The number of methoxy groups -OCH3 is 1. The zero-order chi connectivity index (χ0) is 10.8. The van der Waals surface area contributed by atoms with Gasteiger partial charge in [-0.25, -0.2) is 4.79 Å². The molecule has 0 spiro atoms. The molecule has 2 aromatic heterocycles. The molecular weight excluding hydrogens is 214 g/mol. The number of aromatic amines is 1. The van der Waals surface area contributed by atoms with Crippen LogP contribution in [0.1, 0.15) is 4.88 Å². The molecule has 0 bridgehead atoms. The maximum Gasteiger partial charge on any atom is 0.351 e. The third-order valence-electron chi connectivity index (χ3n) is 1.79. The number of rotatable bonds is 2. The molecule has 6 heteroatoms. The van der Waals surface area contributed by atoms with Gasteiger partial charge in [0, 0.05) is 4.88 Å². The van der Waals surface area contributed by atoms with Gasteiger partial charge in [0.15, 0.2) is 5.82 Å². The topological polar surface area (TPSA) is 67.9 Å². The zero-order valence-corrected chi connectivity index (χ0v) is 9.09. The third-order valence-corrected chi connectivity index (χ3v) is 2.79. The smallest absolute Gasteiger partial charge is 0.351 e. The Morgan fingerprint density at radius 3 is 2.80 bits per heavy atom. The van der Waals surface area contributed by atoms with Crippen LogP contribution in [0.5, 0.6) is 6.01 Å². The van der Waals surface area contributed by atoms with Gasteiger partial charge in [0.05, 0.1) is 12.0 Å². The van der Waals surface area contributed by atoms with E-state index in [-0.39, 0.29) is 6.01 Å². The summed E-state index contributed by atoms with van der Waals surface area (Å²) in [6, 6.07) is 3.95. The van der Waals surface area contributed by atoms with Crippen molar-refractivity contribution < 1.29 is 4.74 Å². The average molecular weight is 223 g/mol. The fourth-order valence-electron chi connectivity index (χ4n) is 1.13. The summed E-state index contributed by atoms with van der Waals surface area (Å²) in [6.07, 6.45) is 0. The Kier molecular flexibility index (Phi) is 2.51. The van der Waals surface area contributed by atoms with Crippen LogP contribution in [-0.2, 0) is 0 Å². The van der Waals surface area contributed by atoms with Gasteiger partial charge in [-0.05, 0) is 19.1 Å². The van der Waals surface area contributed by atoms with Gasteiger partial charge in [-0.2, -0.15) is 4.98 Å². The maximum absolute atomic E-state index is 11.2. The number of thiophene rings is 1. The van der Waals surface area contributed by atoms with Crippen LogP contribution in [0.4, 0.5) is 0 Å². The number of aromatic nitrogens is 3. The molecule has 2 aromatic rings. The summed E-state index contributed by atoms with van der Waals surface area (Å²) in [5.74, 6) is 0.491. The van der Waals surface area contributed by atoms with Crippen LogP contribution in [0.3, 0.4) is 0 Å². The first kappa shape index (κ1) is 9.85. The first-order valence-corrected chi connectivity index (χ1v) is 5.10. The van der Waals surface area contributed by atoms with Gasteiger partial charge in [-0.3, -0.25) is 4.98 Å². The van der Waals surface area contributed by atoms with Crippen molar-refractivity contribution in [3.05, 3.63) is 27.5 Å². The number of hydrogen-bond acceptors (Lipinski definition) is 5. The number of ether oxygens (including phenoxy) is 1. The highest BCUT2D eigenvalue weighted by atomic mass is 32.1. The molecule has 0 atom stereocenters. The van der Waals surface area contributed by atoms with Gasteiger partial charge in [0.1, 0.15) is 0 Å². The minimum absolute atomic E-state index is 0.0832. The van der Waals surface area contributed by atoms with E-state index < -0.39 is 5.69 Å². The lowest BCUT2D eigenvalue weighted by atomic mass is 10.4. The summed E-state index contributed by atoms with van der Waals surface area (Å²) in [4.78, 5) is 23.4. The Morgan fingerprint density at radius 1 is 1.40 bits per heavy atom. The van der Waals surface area contributed by atoms with E-state index in [1.54, 1.807) is 11.3 Å². The van der Waals surface area contributed by atoms with Crippen LogP contribution in [0, 0.1) is 6.92 Å². The molecule has 0 amide bonds. The second-order valence-corrected chi connectivity index (χ2v) is 4.19. The van der Waals surface area contributed by atoms with Crippen LogP contribution in [0.15, 0.2) is 16.9 Å². The largest absolute Gasteiger partial charge is 0.467 e. The van der Waals surface area contributed by atoms with Crippen LogP contribution >= 0.6 is 11.3 Å². The van der Waals surface area contributed by atoms with Crippen molar-refractivity contribution in [3.63, 3.8) is 0 Å². The van der Waals surface area contributed by atoms with Gasteiger partial charge < -0.3 is 4.74 Å². The average Bonchev–Trinajstić information content (AvgIpc) is 2.64. The van der Waals surface area contributed by atoms with Crippen molar-refractivity contribution in [3.8, 4) is 16.7 Å². The molecule has 1 N–H and O–H groups in total.